The molecule has 3 nitrogen and oxygen atoms in total. The van der Waals surface area contributed by atoms with Crippen LogP contribution < -0.4 is 4.74 Å². The number of benzene rings is 1. The molecule has 0 amide bonds. The molecule has 0 aromatic heterocycles. The summed E-state index contributed by atoms with van der Waals surface area (Å²) in [5.74, 6) is 1.69. The van der Waals surface area contributed by atoms with Crippen molar-refractivity contribution >= 4 is 0 Å². The lowest BCUT2D eigenvalue weighted by Crippen LogP contribution is -2.35. The van der Waals surface area contributed by atoms with Crippen LogP contribution in [0.25, 0.3) is 0 Å². The summed E-state index contributed by atoms with van der Waals surface area (Å²) < 4.78 is 5.48. The smallest absolute Gasteiger partial charge is 0.122 e. The van der Waals surface area contributed by atoms with Gasteiger partial charge in [0.1, 0.15) is 5.75 Å². The molecular formula is C20H33NO2. The molecule has 1 heterocycles. The molecule has 23 heavy (non-hydrogen) atoms. The Bertz CT molecular complexity index is 507. The topological polar surface area (TPSA) is 32.7 Å². The van der Waals surface area contributed by atoms with Crippen molar-refractivity contribution in [2.45, 2.75) is 58.5 Å². The van der Waals surface area contributed by atoms with E-state index >= 15 is 0 Å². The van der Waals surface area contributed by atoms with Crippen molar-refractivity contribution in [2.75, 3.05) is 26.7 Å². The fraction of sp³-hybridized carbons (Fsp3) is 0.700. The second kappa shape index (κ2) is 7.67. The summed E-state index contributed by atoms with van der Waals surface area (Å²) in [7, 11) is 1.71. The van der Waals surface area contributed by atoms with Gasteiger partial charge in [0.05, 0.1) is 13.2 Å². The minimum absolute atomic E-state index is 0.00335. The molecule has 2 rings (SSSR count). The van der Waals surface area contributed by atoms with Crippen LogP contribution in [0.3, 0.4) is 0 Å². The highest BCUT2D eigenvalue weighted by molar-refractivity contribution is 5.42. The zero-order valence-electron chi connectivity index (χ0n) is 15.4. The number of aliphatic hydroxyl groups is 1. The van der Waals surface area contributed by atoms with Crippen LogP contribution in [0.15, 0.2) is 18.2 Å². The van der Waals surface area contributed by atoms with Gasteiger partial charge in [-0.2, -0.15) is 0 Å². The zero-order valence-corrected chi connectivity index (χ0v) is 15.4. The van der Waals surface area contributed by atoms with Crippen LogP contribution in [0.2, 0.25) is 0 Å². The fourth-order valence-electron chi connectivity index (χ4n) is 3.48. The second-order valence-corrected chi connectivity index (χ2v) is 8.06. The summed E-state index contributed by atoms with van der Waals surface area (Å²) in [6.07, 6.45) is 3.02. The Morgan fingerprint density at radius 3 is 2.70 bits per heavy atom. The maximum absolute atomic E-state index is 10.6. The van der Waals surface area contributed by atoms with Gasteiger partial charge in [-0.3, -0.25) is 0 Å². The number of likely N-dealkylation sites (tertiary alicyclic amines) is 1. The summed E-state index contributed by atoms with van der Waals surface area (Å²) in [6.45, 7) is 12.2. The van der Waals surface area contributed by atoms with Crippen molar-refractivity contribution < 1.29 is 9.84 Å². The monoisotopic (exact) mass is 319 g/mol. The number of methoxy groups -OCH3 is 1. The van der Waals surface area contributed by atoms with E-state index in [0.29, 0.717) is 0 Å². The van der Waals surface area contributed by atoms with E-state index in [4.69, 9.17) is 4.74 Å². The summed E-state index contributed by atoms with van der Waals surface area (Å²) in [4.78, 5) is 2.49. The summed E-state index contributed by atoms with van der Waals surface area (Å²) in [5, 5.41) is 10.6. The van der Waals surface area contributed by atoms with Gasteiger partial charge in [0.15, 0.2) is 0 Å². The van der Waals surface area contributed by atoms with Gasteiger partial charge in [-0.05, 0) is 60.4 Å². The maximum Gasteiger partial charge on any atom is 0.122 e. The molecule has 1 aromatic carbocycles. The first-order valence-corrected chi connectivity index (χ1v) is 8.90. The number of ether oxygens (including phenoxy) is 1. The number of hydrogen-bond donors (Lipinski definition) is 1. The molecule has 2 atom stereocenters. The lowest BCUT2D eigenvalue weighted by molar-refractivity contribution is 0.121. The Labute approximate surface area is 141 Å². The van der Waals surface area contributed by atoms with Crippen molar-refractivity contribution in [3.8, 4) is 5.75 Å². The highest BCUT2D eigenvalue weighted by Gasteiger charge is 2.22. The largest absolute Gasteiger partial charge is 0.496 e. The Kier molecular flexibility index (Phi) is 6.10. The number of rotatable bonds is 5. The van der Waals surface area contributed by atoms with Gasteiger partial charge in [0.2, 0.25) is 0 Å². The molecule has 0 spiro atoms. The van der Waals surface area contributed by atoms with Crippen LogP contribution in [-0.2, 0) is 5.41 Å². The molecule has 0 saturated carbocycles. The summed E-state index contributed by atoms with van der Waals surface area (Å²) in [6, 6.07) is 6.10. The number of hydrogen-bond acceptors (Lipinski definition) is 3. The normalized spacial score (nSPS) is 21.2. The Hall–Kier alpha value is -1.06. The summed E-state index contributed by atoms with van der Waals surface area (Å²) in [5.41, 5.74) is 2.16. The van der Waals surface area contributed by atoms with E-state index in [1.54, 1.807) is 7.11 Å². The number of aliphatic hydroxyl groups excluding tert-OH is 1. The molecule has 1 aliphatic heterocycles. The van der Waals surface area contributed by atoms with Gasteiger partial charge in [-0.25, -0.2) is 0 Å². The molecule has 1 fully saturated rings. The highest BCUT2D eigenvalue weighted by atomic mass is 16.5. The number of nitrogens with zero attached hydrogens (tertiary/aromatic N) is 1. The zero-order chi connectivity index (χ0) is 17.0. The van der Waals surface area contributed by atoms with Gasteiger partial charge in [0, 0.05) is 13.1 Å². The Morgan fingerprint density at radius 2 is 2.09 bits per heavy atom. The number of piperidine rings is 1. The lowest BCUT2D eigenvalue weighted by Gasteiger charge is -2.31. The Balaban J connectivity index is 2.03. The molecule has 3 heteroatoms. The SMILES string of the molecule is COc1ccc(C(O)CCN2CCCC(C)C2)cc1C(C)(C)C. The van der Waals surface area contributed by atoms with E-state index in [1.165, 1.54) is 25.9 Å². The molecule has 1 aromatic rings. The Morgan fingerprint density at radius 1 is 1.35 bits per heavy atom. The predicted molar refractivity (Wildman–Crippen MR) is 96.1 cm³/mol. The quantitative estimate of drug-likeness (QED) is 0.885. The van der Waals surface area contributed by atoms with Crippen molar-refractivity contribution in [2.24, 2.45) is 5.92 Å². The fourth-order valence-corrected chi connectivity index (χ4v) is 3.48. The third-order valence-electron chi connectivity index (χ3n) is 4.88. The molecule has 0 aliphatic carbocycles. The molecule has 130 valence electrons. The molecular weight excluding hydrogens is 286 g/mol. The average molecular weight is 319 g/mol. The molecule has 0 bridgehead atoms. The molecule has 1 N–H and O–H groups in total. The second-order valence-electron chi connectivity index (χ2n) is 8.06. The first-order chi connectivity index (χ1) is 10.8. The van der Waals surface area contributed by atoms with E-state index < -0.39 is 6.10 Å². The van der Waals surface area contributed by atoms with Crippen LogP contribution in [-0.4, -0.2) is 36.8 Å². The van der Waals surface area contributed by atoms with Crippen LogP contribution in [0, 0.1) is 5.92 Å². The maximum atomic E-state index is 10.6. The van der Waals surface area contributed by atoms with Crippen LogP contribution >= 0.6 is 0 Å². The van der Waals surface area contributed by atoms with Crippen LogP contribution in [0.1, 0.15) is 64.2 Å². The van der Waals surface area contributed by atoms with Crippen LogP contribution in [0.4, 0.5) is 0 Å². The van der Waals surface area contributed by atoms with E-state index in [2.05, 4.69) is 38.7 Å². The van der Waals surface area contributed by atoms with E-state index in [9.17, 15) is 5.11 Å². The first kappa shape index (κ1) is 18.3. The third-order valence-corrected chi connectivity index (χ3v) is 4.88. The van der Waals surface area contributed by atoms with Crippen molar-refractivity contribution in [1.82, 2.24) is 4.90 Å². The average Bonchev–Trinajstić information content (AvgIpc) is 2.51. The molecule has 2 unspecified atom stereocenters. The van der Waals surface area contributed by atoms with Gasteiger partial charge in [-0.1, -0.05) is 33.8 Å². The highest BCUT2D eigenvalue weighted by Crippen LogP contribution is 2.34. The molecule has 1 aliphatic rings. The predicted octanol–water partition coefficient (Wildman–Crippen LogP) is 4.15. The lowest BCUT2D eigenvalue weighted by atomic mass is 9.84. The standard InChI is InChI=1S/C20H33NO2/c1-15-7-6-11-21(14-15)12-10-18(22)16-8-9-19(23-5)17(13-16)20(2,3)4/h8-9,13,15,18,22H,6-7,10-12,14H2,1-5H3. The minimum Gasteiger partial charge on any atom is -0.496 e. The van der Waals surface area contributed by atoms with Gasteiger partial charge < -0.3 is 14.7 Å². The van der Waals surface area contributed by atoms with E-state index in [1.807, 2.05) is 12.1 Å². The summed E-state index contributed by atoms with van der Waals surface area (Å²) >= 11 is 0. The van der Waals surface area contributed by atoms with Crippen molar-refractivity contribution in [1.29, 1.82) is 0 Å². The van der Waals surface area contributed by atoms with Gasteiger partial charge in [0.25, 0.3) is 0 Å². The third kappa shape index (κ3) is 4.95. The molecule has 1 saturated heterocycles. The van der Waals surface area contributed by atoms with Crippen molar-refractivity contribution in [3.05, 3.63) is 29.3 Å². The van der Waals surface area contributed by atoms with Gasteiger partial charge >= 0.3 is 0 Å². The van der Waals surface area contributed by atoms with E-state index in [0.717, 1.165) is 35.8 Å². The minimum atomic E-state index is -0.403. The van der Waals surface area contributed by atoms with E-state index in [-0.39, 0.29) is 5.41 Å². The molecule has 0 radical (unpaired) electrons. The van der Waals surface area contributed by atoms with Gasteiger partial charge in [-0.15, -0.1) is 0 Å². The van der Waals surface area contributed by atoms with Crippen LogP contribution in [0.5, 0.6) is 5.75 Å². The first-order valence-electron chi connectivity index (χ1n) is 8.90. The van der Waals surface area contributed by atoms with Crippen molar-refractivity contribution in [3.63, 3.8) is 0 Å².